The van der Waals surface area contributed by atoms with Crippen molar-refractivity contribution in [3.8, 4) is 5.75 Å². The highest BCUT2D eigenvalue weighted by Crippen LogP contribution is 2.18. The Morgan fingerprint density at radius 1 is 1.27 bits per heavy atom. The Kier molecular flexibility index (Phi) is 6.43. The van der Waals surface area contributed by atoms with E-state index in [2.05, 4.69) is 15.6 Å². The maximum Gasteiger partial charge on any atom is 0.191 e. The fourth-order valence-electron chi connectivity index (χ4n) is 2.56. The standard InChI is InChI=1S/C16H23F2N3O/c1-19-16(21-13-5-3-2-4-6-13)20-9-10-22-15-8-7-12(17)11-14(15)18/h7-8,11,13H,2-6,9-10H2,1H3,(H2,19,20,21). The lowest BCUT2D eigenvalue weighted by Gasteiger charge is -2.24. The second-order valence-corrected chi connectivity index (χ2v) is 5.40. The van der Waals surface area contributed by atoms with E-state index < -0.39 is 11.6 Å². The second kappa shape index (κ2) is 8.56. The van der Waals surface area contributed by atoms with E-state index in [-0.39, 0.29) is 12.4 Å². The Bertz CT molecular complexity index is 502. The summed E-state index contributed by atoms with van der Waals surface area (Å²) in [6.45, 7) is 0.761. The largest absolute Gasteiger partial charge is 0.489 e. The van der Waals surface area contributed by atoms with Gasteiger partial charge in [-0.05, 0) is 25.0 Å². The van der Waals surface area contributed by atoms with E-state index in [0.717, 1.165) is 24.9 Å². The van der Waals surface area contributed by atoms with Crippen molar-refractivity contribution in [2.45, 2.75) is 38.1 Å². The predicted molar refractivity (Wildman–Crippen MR) is 83.2 cm³/mol. The van der Waals surface area contributed by atoms with Gasteiger partial charge in [0.25, 0.3) is 0 Å². The van der Waals surface area contributed by atoms with E-state index in [9.17, 15) is 8.78 Å². The number of benzene rings is 1. The lowest BCUT2D eigenvalue weighted by Crippen LogP contribution is -2.45. The van der Waals surface area contributed by atoms with Crippen LogP contribution in [0.3, 0.4) is 0 Å². The smallest absolute Gasteiger partial charge is 0.191 e. The normalized spacial score (nSPS) is 16.4. The van der Waals surface area contributed by atoms with Crippen LogP contribution in [0, 0.1) is 11.6 Å². The third-order valence-corrected chi connectivity index (χ3v) is 3.72. The Morgan fingerprint density at radius 3 is 2.73 bits per heavy atom. The third kappa shape index (κ3) is 5.16. The van der Waals surface area contributed by atoms with Crippen LogP contribution in [0.4, 0.5) is 8.78 Å². The number of ether oxygens (including phenoxy) is 1. The highest BCUT2D eigenvalue weighted by Gasteiger charge is 2.14. The molecule has 1 fully saturated rings. The van der Waals surface area contributed by atoms with Gasteiger partial charge in [0.05, 0.1) is 6.54 Å². The molecule has 0 radical (unpaired) electrons. The zero-order valence-corrected chi connectivity index (χ0v) is 12.9. The molecule has 0 aliphatic heterocycles. The average Bonchev–Trinajstić information content (AvgIpc) is 2.53. The van der Waals surface area contributed by atoms with Crippen molar-refractivity contribution >= 4 is 5.96 Å². The van der Waals surface area contributed by atoms with E-state index >= 15 is 0 Å². The molecular weight excluding hydrogens is 288 g/mol. The zero-order chi connectivity index (χ0) is 15.8. The molecular formula is C16H23F2N3O. The average molecular weight is 311 g/mol. The maximum absolute atomic E-state index is 13.4. The molecule has 2 N–H and O–H groups in total. The van der Waals surface area contributed by atoms with Crippen LogP contribution >= 0.6 is 0 Å². The van der Waals surface area contributed by atoms with Crippen LogP contribution in [-0.2, 0) is 0 Å². The third-order valence-electron chi connectivity index (χ3n) is 3.72. The number of rotatable bonds is 5. The molecule has 1 aromatic rings. The number of hydrogen-bond donors (Lipinski definition) is 2. The van der Waals surface area contributed by atoms with Gasteiger partial charge in [-0.15, -0.1) is 0 Å². The van der Waals surface area contributed by atoms with E-state index in [1.807, 2.05) is 0 Å². The molecule has 0 spiro atoms. The number of hydrogen-bond acceptors (Lipinski definition) is 2. The number of halogens is 2. The van der Waals surface area contributed by atoms with Gasteiger partial charge in [0.1, 0.15) is 12.4 Å². The molecule has 22 heavy (non-hydrogen) atoms. The summed E-state index contributed by atoms with van der Waals surface area (Å²) < 4.78 is 31.5. The molecule has 0 atom stereocenters. The van der Waals surface area contributed by atoms with Crippen molar-refractivity contribution in [2.24, 2.45) is 4.99 Å². The maximum atomic E-state index is 13.4. The summed E-state index contributed by atoms with van der Waals surface area (Å²) >= 11 is 0. The summed E-state index contributed by atoms with van der Waals surface area (Å²) in [5.41, 5.74) is 0. The molecule has 0 aromatic heterocycles. The first-order valence-electron chi connectivity index (χ1n) is 7.74. The molecule has 2 rings (SSSR count). The Hall–Kier alpha value is -1.85. The molecule has 122 valence electrons. The predicted octanol–water partition coefficient (Wildman–Crippen LogP) is 2.84. The van der Waals surface area contributed by atoms with Crippen LogP contribution in [0.5, 0.6) is 5.75 Å². The summed E-state index contributed by atoms with van der Waals surface area (Å²) in [6.07, 6.45) is 6.14. The lowest BCUT2D eigenvalue weighted by molar-refractivity contribution is 0.304. The van der Waals surface area contributed by atoms with Crippen molar-refractivity contribution in [3.05, 3.63) is 29.8 Å². The summed E-state index contributed by atoms with van der Waals surface area (Å²) in [6, 6.07) is 3.75. The second-order valence-electron chi connectivity index (χ2n) is 5.40. The van der Waals surface area contributed by atoms with Crippen molar-refractivity contribution < 1.29 is 13.5 Å². The summed E-state index contributed by atoms with van der Waals surface area (Å²) in [7, 11) is 1.72. The summed E-state index contributed by atoms with van der Waals surface area (Å²) in [5.74, 6) is -0.515. The lowest BCUT2D eigenvalue weighted by atomic mass is 9.96. The van der Waals surface area contributed by atoms with Crippen molar-refractivity contribution in [1.29, 1.82) is 0 Å². The monoisotopic (exact) mass is 311 g/mol. The van der Waals surface area contributed by atoms with Gasteiger partial charge in [0.15, 0.2) is 17.5 Å². The molecule has 4 nitrogen and oxygen atoms in total. The molecule has 1 saturated carbocycles. The molecule has 0 bridgehead atoms. The van der Waals surface area contributed by atoms with Crippen LogP contribution in [0.2, 0.25) is 0 Å². The van der Waals surface area contributed by atoms with Gasteiger partial charge >= 0.3 is 0 Å². The number of nitrogens with one attached hydrogen (secondary N) is 2. The first kappa shape index (κ1) is 16.5. The Balaban J connectivity index is 1.70. The zero-order valence-electron chi connectivity index (χ0n) is 12.9. The Labute approximate surface area is 130 Å². The van der Waals surface area contributed by atoms with Crippen LogP contribution in [0.15, 0.2) is 23.2 Å². The molecule has 1 aliphatic rings. The van der Waals surface area contributed by atoms with E-state index in [1.165, 1.54) is 31.4 Å². The molecule has 0 unspecified atom stereocenters. The van der Waals surface area contributed by atoms with Gasteiger partial charge < -0.3 is 15.4 Å². The number of aliphatic imine (C=N–C) groups is 1. The minimum Gasteiger partial charge on any atom is -0.489 e. The van der Waals surface area contributed by atoms with Gasteiger partial charge in [-0.1, -0.05) is 19.3 Å². The van der Waals surface area contributed by atoms with E-state index in [1.54, 1.807) is 7.05 Å². The Morgan fingerprint density at radius 2 is 2.05 bits per heavy atom. The van der Waals surface area contributed by atoms with Crippen LogP contribution in [0.1, 0.15) is 32.1 Å². The summed E-state index contributed by atoms with van der Waals surface area (Å²) in [5, 5.41) is 6.52. The van der Waals surface area contributed by atoms with Gasteiger partial charge in [-0.25, -0.2) is 8.78 Å². The highest BCUT2D eigenvalue weighted by atomic mass is 19.1. The molecule has 0 amide bonds. The van der Waals surface area contributed by atoms with Gasteiger partial charge in [0.2, 0.25) is 0 Å². The number of guanidine groups is 1. The van der Waals surface area contributed by atoms with Crippen LogP contribution in [0.25, 0.3) is 0 Å². The molecule has 6 heteroatoms. The highest BCUT2D eigenvalue weighted by molar-refractivity contribution is 5.79. The van der Waals surface area contributed by atoms with Gasteiger partial charge in [0, 0.05) is 19.2 Å². The first-order valence-corrected chi connectivity index (χ1v) is 7.74. The summed E-state index contributed by atoms with van der Waals surface area (Å²) in [4.78, 5) is 4.17. The number of nitrogens with zero attached hydrogens (tertiary/aromatic N) is 1. The van der Waals surface area contributed by atoms with Crippen LogP contribution in [-0.4, -0.2) is 32.2 Å². The molecule has 0 heterocycles. The van der Waals surface area contributed by atoms with Crippen molar-refractivity contribution in [3.63, 3.8) is 0 Å². The van der Waals surface area contributed by atoms with Crippen molar-refractivity contribution in [2.75, 3.05) is 20.2 Å². The quantitative estimate of drug-likeness (QED) is 0.499. The van der Waals surface area contributed by atoms with E-state index in [0.29, 0.717) is 12.6 Å². The molecule has 0 saturated heterocycles. The molecule has 1 aromatic carbocycles. The van der Waals surface area contributed by atoms with Gasteiger partial charge in [-0.2, -0.15) is 0 Å². The fourth-order valence-corrected chi connectivity index (χ4v) is 2.56. The fraction of sp³-hybridized carbons (Fsp3) is 0.562. The first-order chi connectivity index (χ1) is 10.7. The minimum atomic E-state index is -0.690. The van der Waals surface area contributed by atoms with E-state index in [4.69, 9.17) is 4.74 Å². The van der Waals surface area contributed by atoms with Gasteiger partial charge in [-0.3, -0.25) is 4.99 Å². The van der Waals surface area contributed by atoms with Crippen LogP contribution < -0.4 is 15.4 Å². The minimum absolute atomic E-state index is 0.0541. The molecule has 1 aliphatic carbocycles. The topological polar surface area (TPSA) is 45.7 Å². The SMILES string of the molecule is CN=C(NCCOc1ccc(F)cc1F)NC1CCCCC1. The van der Waals surface area contributed by atoms with Crippen molar-refractivity contribution in [1.82, 2.24) is 10.6 Å².